The summed E-state index contributed by atoms with van der Waals surface area (Å²) in [6.45, 7) is 4.00. The van der Waals surface area contributed by atoms with Gasteiger partial charge in [0, 0.05) is 15.3 Å². The molecule has 0 spiro atoms. The summed E-state index contributed by atoms with van der Waals surface area (Å²) >= 11 is 1.54. The first-order valence-corrected chi connectivity index (χ1v) is 10.1. The SMILES string of the molecule is CCOC(=O)C1=C(c2ccc(OC)cc2)OC(N)=C(C#N)C1c1ccc(CC)s1. The van der Waals surface area contributed by atoms with Crippen molar-refractivity contribution in [2.24, 2.45) is 5.73 Å². The highest BCUT2D eigenvalue weighted by Crippen LogP contribution is 2.45. The molecule has 6 nitrogen and oxygen atoms in total. The van der Waals surface area contributed by atoms with Crippen molar-refractivity contribution in [1.82, 2.24) is 0 Å². The summed E-state index contributed by atoms with van der Waals surface area (Å²) < 4.78 is 16.3. The first-order chi connectivity index (χ1) is 14.0. The number of ether oxygens (including phenoxy) is 3. The molecule has 2 N–H and O–H groups in total. The minimum atomic E-state index is -0.643. The van der Waals surface area contributed by atoms with Gasteiger partial charge in [-0.1, -0.05) is 6.92 Å². The van der Waals surface area contributed by atoms with Crippen LogP contribution in [0.3, 0.4) is 0 Å². The van der Waals surface area contributed by atoms with Crippen LogP contribution >= 0.6 is 11.3 Å². The van der Waals surface area contributed by atoms with Crippen LogP contribution in [0.25, 0.3) is 5.76 Å². The third kappa shape index (κ3) is 3.98. The molecular weight excluding hydrogens is 388 g/mol. The fourth-order valence-corrected chi connectivity index (χ4v) is 4.23. The molecule has 7 heteroatoms. The second kappa shape index (κ2) is 8.84. The number of thiophene rings is 1. The smallest absolute Gasteiger partial charge is 0.338 e. The average molecular weight is 410 g/mol. The predicted octanol–water partition coefficient (Wildman–Crippen LogP) is 4.10. The standard InChI is InChI=1S/C22H22N2O4S/c1-4-15-10-11-17(29-15)18-16(12-23)21(24)28-20(19(18)22(25)27-5-2)13-6-8-14(26-3)9-7-13/h6-11,18H,4-5,24H2,1-3H3. The number of hydrogen-bond donors (Lipinski definition) is 1. The van der Waals surface area contributed by atoms with E-state index in [1.807, 2.05) is 12.1 Å². The fourth-order valence-electron chi connectivity index (χ4n) is 3.16. The van der Waals surface area contributed by atoms with Gasteiger partial charge in [0.1, 0.15) is 23.2 Å². The first kappa shape index (κ1) is 20.5. The number of benzene rings is 1. The van der Waals surface area contributed by atoms with Gasteiger partial charge in [0.25, 0.3) is 0 Å². The Hall–Kier alpha value is -3.24. The Bertz CT molecular complexity index is 1010. The van der Waals surface area contributed by atoms with E-state index < -0.39 is 11.9 Å². The van der Waals surface area contributed by atoms with E-state index in [1.165, 1.54) is 0 Å². The van der Waals surface area contributed by atoms with Crippen LogP contribution in [0.4, 0.5) is 0 Å². The van der Waals surface area contributed by atoms with Crippen LogP contribution < -0.4 is 10.5 Å². The van der Waals surface area contributed by atoms with Gasteiger partial charge in [0.2, 0.25) is 5.88 Å². The molecule has 0 fully saturated rings. The van der Waals surface area contributed by atoms with E-state index in [9.17, 15) is 10.1 Å². The molecule has 0 amide bonds. The summed E-state index contributed by atoms with van der Waals surface area (Å²) in [5.41, 5.74) is 7.22. The van der Waals surface area contributed by atoms with Gasteiger partial charge in [-0.15, -0.1) is 11.3 Å². The maximum Gasteiger partial charge on any atom is 0.338 e. The molecule has 1 aromatic carbocycles. The van der Waals surface area contributed by atoms with Crippen LogP contribution in [-0.4, -0.2) is 19.7 Å². The molecule has 1 aliphatic rings. The maximum atomic E-state index is 13.0. The largest absolute Gasteiger partial charge is 0.497 e. The Morgan fingerprint density at radius 2 is 1.97 bits per heavy atom. The van der Waals surface area contributed by atoms with E-state index in [1.54, 1.807) is 49.6 Å². The summed E-state index contributed by atoms with van der Waals surface area (Å²) in [5.74, 6) is -0.224. The average Bonchev–Trinajstić information content (AvgIpc) is 3.22. The molecule has 0 bridgehead atoms. The summed E-state index contributed by atoms with van der Waals surface area (Å²) in [6.07, 6.45) is 0.860. The number of hydrogen-bond acceptors (Lipinski definition) is 7. The van der Waals surface area contributed by atoms with Crippen molar-refractivity contribution in [3.8, 4) is 11.8 Å². The number of carbonyl (C=O) groups excluding carboxylic acids is 1. The Morgan fingerprint density at radius 3 is 2.52 bits per heavy atom. The molecule has 3 rings (SSSR count). The minimum Gasteiger partial charge on any atom is -0.497 e. The van der Waals surface area contributed by atoms with Crippen LogP contribution in [0, 0.1) is 11.3 Å². The molecule has 0 saturated heterocycles. The number of aryl methyl sites for hydroxylation is 1. The summed E-state index contributed by atoms with van der Waals surface area (Å²) in [4.78, 5) is 15.0. The van der Waals surface area contributed by atoms with E-state index >= 15 is 0 Å². The molecule has 1 unspecified atom stereocenters. The molecular formula is C22H22N2O4S. The van der Waals surface area contributed by atoms with Gasteiger partial charge in [-0.3, -0.25) is 0 Å². The lowest BCUT2D eigenvalue weighted by Gasteiger charge is -2.27. The number of nitrogens with zero attached hydrogens (tertiary/aromatic N) is 1. The molecule has 0 saturated carbocycles. The van der Waals surface area contributed by atoms with Crippen molar-refractivity contribution in [3.63, 3.8) is 0 Å². The maximum absolute atomic E-state index is 13.0. The zero-order valence-corrected chi connectivity index (χ0v) is 17.3. The lowest BCUT2D eigenvalue weighted by Crippen LogP contribution is -2.25. The van der Waals surface area contributed by atoms with Gasteiger partial charge in [-0.25, -0.2) is 4.79 Å². The molecule has 0 aliphatic carbocycles. The number of methoxy groups -OCH3 is 1. The number of carbonyl (C=O) groups is 1. The molecule has 0 radical (unpaired) electrons. The van der Waals surface area contributed by atoms with Crippen molar-refractivity contribution in [2.75, 3.05) is 13.7 Å². The zero-order chi connectivity index (χ0) is 21.0. The van der Waals surface area contributed by atoms with Crippen molar-refractivity contribution < 1.29 is 19.0 Å². The normalized spacial score (nSPS) is 16.3. The Morgan fingerprint density at radius 1 is 1.24 bits per heavy atom. The van der Waals surface area contributed by atoms with Crippen molar-refractivity contribution in [2.45, 2.75) is 26.2 Å². The number of nitriles is 1. The predicted molar refractivity (Wildman–Crippen MR) is 111 cm³/mol. The Kier molecular flexibility index (Phi) is 6.25. The fraction of sp³-hybridized carbons (Fsp3) is 0.273. The molecule has 1 aromatic heterocycles. The van der Waals surface area contributed by atoms with Crippen LogP contribution in [0.15, 0.2) is 53.4 Å². The molecule has 1 aliphatic heterocycles. The molecule has 29 heavy (non-hydrogen) atoms. The van der Waals surface area contributed by atoms with E-state index in [-0.39, 0.29) is 23.6 Å². The number of rotatable bonds is 6. The van der Waals surface area contributed by atoms with Crippen LogP contribution in [-0.2, 0) is 20.7 Å². The Balaban J connectivity index is 2.23. The van der Waals surface area contributed by atoms with Gasteiger partial charge in [0.05, 0.1) is 25.2 Å². The minimum absolute atomic E-state index is 0.0113. The van der Waals surface area contributed by atoms with Crippen LogP contribution in [0.5, 0.6) is 5.75 Å². The number of esters is 1. The number of allylic oxidation sites excluding steroid dienone is 1. The van der Waals surface area contributed by atoms with Gasteiger partial charge < -0.3 is 19.9 Å². The highest BCUT2D eigenvalue weighted by atomic mass is 32.1. The van der Waals surface area contributed by atoms with Gasteiger partial charge in [-0.2, -0.15) is 5.26 Å². The van der Waals surface area contributed by atoms with Gasteiger partial charge >= 0.3 is 5.97 Å². The molecule has 2 aromatic rings. The van der Waals surface area contributed by atoms with E-state index in [4.69, 9.17) is 19.9 Å². The second-order valence-corrected chi connectivity index (χ2v) is 7.47. The highest BCUT2D eigenvalue weighted by Gasteiger charge is 2.39. The Labute approximate surface area is 173 Å². The highest BCUT2D eigenvalue weighted by molar-refractivity contribution is 7.12. The van der Waals surface area contributed by atoms with Crippen LogP contribution in [0.1, 0.15) is 35.1 Å². The van der Waals surface area contributed by atoms with E-state index in [0.717, 1.165) is 16.2 Å². The van der Waals surface area contributed by atoms with E-state index in [0.29, 0.717) is 17.1 Å². The third-order valence-corrected chi connectivity index (χ3v) is 5.88. The summed E-state index contributed by atoms with van der Waals surface area (Å²) in [7, 11) is 1.58. The second-order valence-electron chi connectivity index (χ2n) is 6.27. The lowest BCUT2D eigenvalue weighted by atomic mass is 9.86. The number of nitrogens with two attached hydrogens (primary N) is 1. The summed E-state index contributed by atoms with van der Waals surface area (Å²) in [5, 5.41) is 9.76. The quantitative estimate of drug-likeness (QED) is 0.721. The van der Waals surface area contributed by atoms with E-state index in [2.05, 4.69) is 13.0 Å². The molecule has 2 heterocycles. The first-order valence-electron chi connectivity index (χ1n) is 9.25. The van der Waals surface area contributed by atoms with Gasteiger partial charge in [0.15, 0.2) is 0 Å². The monoisotopic (exact) mass is 410 g/mol. The van der Waals surface area contributed by atoms with Gasteiger partial charge in [-0.05, 0) is 49.7 Å². The lowest BCUT2D eigenvalue weighted by molar-refractivity contribution is -0.138. The molecule has 1 atom stereocenters. The summed E-state index contributed by atoms with van der Waals surface area (Å²) in [6, 6.07) is 13.1. The zero-order valence-electron chi connectivity index (χ0n) is 16.5. The molecule has 150 valence electrons. The van der Waals surface area contributed by atoms with Crippen molar-refractivity contribution in [1.29, 1.82) is 5.26 Å². The van der Waals surface area contributed by atoms with Crippen molar-refractivity contribution in [3.05, 3.63) is 68.7 Å². The van der Waals surface area contributed by atoms with Crippen molar-refractivity contribution >= 4 is 23.1 Å². The van der Waals surface area contributed by atoms with Crippen LogP contribution in [0.2, 0.25) is 0 Å². The topological polar surface area (TPSA) is 94.6 Å². The third-order valence-electron chi connectivity index (χ3n) is 4.58.